The number of halogens is 3. The van der Waals surface area contributed by atoms with Crippen molar-refractivity contribution in [3.8, 4) is 0 Å². The molecule has 0 saturated carbocycles. The van der Waals surface area contributed by atoms with Crippen molar-refractivity contribution in [2.45, 2.75) is 12.6 Å². The van der Waals surface area contributed by atoms with Gasteiger partial charge in [-0.15, -0.1) is 0 Å². The number of H-pyrrole nitrogens is 1. The summed E-state index contributed by atoms with van der Waals surface area (Å²) in [5, 5.41) is 5.28. The van der Waals surface area contributed by atoms with E-state index in [2.05, 4.69) is 17.7 Å². The van der Waals surface area contributed by atoms with Gasteiger partial charge in [-0.1, -0.05) is 12.2 Å². The van der Waals surface area contributed by atoms with E-state index in [0.29, 0.717) is 12.2 Å². The van der Waals surface area contributed by atoms with Crippen molar-refractivity contribution >= 4 is 18.7 Å². The molecule has 0 fully saturated rings. The van der Waals surface area contributed by atoms with Gasteiger partial charge in [0.05, 0.1) is 6.20 Å². The van der Waals surface area contributed by atoms with E-state index in [4.69, 9.17) is 0 Å². The van der Waals surface area contributed by atoms with Crippen molar-refractivity contribution in [3.05, 3.63) is 23.5 Å². The average Bonchev–Trinajstić information content (AvgIpc) is 2.52. The summed E-state index contributed by atoms with van der Waals surface area (Å²) in [7, 11) is 0. The Bertz CT molecular complexity index is 317. The van der Waals surface area contributed by atoms with E-state index in [9.17, 15) is 13.2 Å². The Morgan fingerprint density at radius 1 is 1.50 bits per heavy atom. The number of aromatic amines is 1. The topological polar surface area (TPSA) is 28.7 Å². The molecule has 0 aliphatic carbocycles. The van der Waals surface area contributed by atoms with Gasteiger partial charge in [-0.05, 0) is 12.2 Å². The van der Waals surface area contributed by atoms with Gasteiger partial charge >= 0.3 is 6.18 Å². The maximum atomic E-state index is 12.3. The second-order valence-corrected chi connectivity index (χ2v) is 3.06. The molecule has 0 bridgehead atoms. The predicted octanol–water partition coefficient (Wildman–Crippen LogP) is 2.76. The number of rotatable bonds is 3. The van der Waals surface area contributed by atoms with Gasteiger partial charge in [0.15, 0.2) is 0 Å². The van der Waals surface area contributed by atoms with Gasteiger partial charge in [0.1, 0.15) is 5.69 Å². The molecule has 1 aromatic heterocycles. The van der Waals surface area contributed by atoms with E-state index < -0.39 is 11.9 Å². The first-order chi connectivity index (χ1) is 6.55. The van der Waals surface area contributed by atoms with Gasteiger partial charge in [-0.3, -0.25) is 5.10 Å². The van der Waals surface area contributed by atoms with Gasteiger partial charge in [0.2, 0.25) is 0 Å². The van der Waals surface area contributed by atoms with Gasteiger partial charge in [-0.2, -0.15) is 30.9 Å². The number of thiol groups is 1. The van der Waals surface area contributed by atoms with Crippen molar-refractivity contribution in [1.29, 1.82) is 0 Å². The second kappa shape index (κ2) is 4.54. The van der Waals surface area contributed by atoms with Crippen LogP contribution in [-0.2, 0) is 6.18 Å². The Morgan fingerprint density at radius 3 is 2.79 bits per heavy atom. The van der Waals surface area contributed by atoms with Crippen molar-refractivity contribution in [3.63, 3.8) is 0 Å². The summed E-state index contributed by atoms with van der Waals surface area (Å²) in [5.74, 6) is 0.607. The fraction of sp³-hybridized carbons (Fsp3) is 0.375. The first kappa shape index (κ1) is 11.2. The summed E-state index contributed by atoms with van der Waals surface area (Å²) in [5.41, 5.74) is -0.757. The van der Waals surface area contributed by atoms with E-state index in [1.165, 1.54) is 6.08 Å². The lowest BCUT2D eigenvalue weighted by molar-refractivity contribution is -0.141. The van der Waals surface area contributed by atoms with Crippen LogP contribution >= 0.6 is 12.6 Å². The number of allylic oxidation sites excluding steroid dienone is 1. The SMILES string of the molecule is FC(F)(F)c1[nH]ncc1C=CCCS. The maximum Gasteiger partial charge on any atom is 0.433 e. The van der Waals surface area contributed by atoms with E-state index in [1.54, 1.807) is 6.08 Å². The molecule has 1 N–H and O–H groups in total. The molecular weight excluding hydrogens is 213 g/mol. The van der Waals surface area contributed by atoms with E-state index in [1.807, 2.05) is 5.10 Å². The van der Waals surface area contributed by atoms with Crippen molar-refractivity contribution in [2.75, 3.05) is 5.75 Å². The van der Waals surface area contributed by atoms with Crippen LogP contribution < -0.4 is 0 Å². The van der Waals surface area contributed by atoms with Crippen molar-refractivity contribution < 1.29 is 13.2 Å². The normalized spacial score (nSPS) is 12.6. The highest BCUT2D eigenvalue weighted by Gasteiger charge is 2.34. The molecule has 0 spiro atoms. The summed E-state index contributed by atoms with van der Waals surface area (Å²) in [6.45, 7) is 0. The average molecular weight is 222 g/mol. The molecule has 1 aromatic rings. The van der Waals surface area contributed by atoms with Gasteiger partial charge in [0, 0.05) is 5.56 Å². The summed E-state index contributed by atoms with van der Waals surface area (Å²) < 4.78 is 36.8. The lowest BCUT2D eigenvalue weighted by Crippen LogP contribution is -2.07. The van der Waals surface area contributed by atoms with Crippen LogP contribution in [0.5, 0.6) is 0 Å². The molecule has 0 aromatic carbocycles. The minimum atomic E-state index is -4.38. The Kier molecular flexibility index (Phi) is 3.62. The molecule has 0 saturated heterocycles. The molecule has 0 atom stereocenters. The molecule has 14 heavy (non-hydrogen) atoms. The molecule has 2 nitrogen and oxygen atoms in total. The fourth-order valence-corrected chi connectivity index (χ4v) is 1.08. The number of nitrogens with zero attached hydrogens (tertiary/aromatic N) is 1. The number of hydrogen-bond acceptors (Lipinski definition) is 2. The Labute approximate surface area is 84.6 Å². The monoisotopic (exact) mass is 222 g/mol. The standard InChI is InChI=1S/C8H9F3N2S/c9-8(10,11)7-6(5-12-13-7)3-1-2-4-14/h1,3,5,14H,2,4H2,(H,12,13). The third-order valence-corrected chi connectivity index (χ3v) is 1.80. The highest BCUT2D eigenvalue weighted by Crippen LogP contribution is 2.30. The van der Waals surface area contributed by atoms with E-state index >= 15 is 0 Å². The largest absolute Gasteiger partial charge is 0.433 e. The second-order valence-electron chi connectivity index (χ2n) is 2.61. The Balaban J connectivity index is 2.83. The lowest BCUT2D eigenvalue weighted by atomic mass is 10.2. The quantitative estimate of drug-likeness (QED) is 0.756. The summed E-state index contributed by atoms with van der Waals surface area (Å²) in [6, 6.07) is 0. The van der Waals surface area contributed by atoms with Crippen LogP contribution in [-0.4, -0.2) is 16.0 Å². The van der Waals surface area contributed by atoms with Crippen LogP contribution in [0.3, 0.4) is 0 Å². The third-order valence-electron chi connectivity index (χ3n) is 1.55. The summed E-state index contributed by atoms with van der Waals surface area (Å²) in [6.07, 6.45) is 0.427. The van der Waals surface area contributed by atoms with Crippen LogP contribution in [0.1, 0.15) is 17.7 Å². The van der Waals surface area contributed by atoms with E-state index in [-0.39, 0.29) is 5.56 Å². The highest BCUT2D eigenvalue weighted by atomic mass is 32.1. The number of aromatic nitrogens is 2. The number of nitrogens with one attached hydrogen (secondary N) is 1. The smallest absolute Gasteiger partial charge is 0.273 e. The van der Waals surface area contributed by atoms with Crippen LogP contribution in [0.15, 0.2) is 12.3 Å². The third kappa shape index (κ3) is 2.80. The van der Waals surface area contributed by atoms with Crippen LogP contribution in [0, 0.1) is 0 Å². The van der Waals surface area contributed by atoms with Crippen molar-refractivity contribution in [1.82, 2.24) is 10.2 Å². The first-order valence-corrected chi connectivity index (χ1v) is 4.57. The Hall–Kier alpha value is -0.910. The van der Waals surface area contributed by atoms with Crippen molar-refractivity contribution in [2.24, 2.45) is 0 Å². The van der Waals surface area contributed by atoms with Gasteiger partial charge in [0.25, 0.3) is 0 Å². The Morgan fingerprint density at radius 2 is 2.21 bits per heavy atom. The minimum Gasteiger partial charge on any atom is -0.273 e. The minimum absolute atomic E-state index is 0.0549. The van der Waals surface area contributed by atoms with Gasteiger partial charge in [-0.25, -0.2) is 0 Å². The lowest BCUT2D eigenvalue weighted by Gasteiger charge is -2.03. The molecular formula is C8H9F3N2S. The molecule has 6 heteroatoms. The molecule has 78 valence electrons. The van der Waals surface area contributed by atoms with Gasteiger partial charge < -0.3 is 0 Å². The molecule has 0 aliphatic rings. The predicted molar refractivity (Wildman–Crippen MR) is 51.1 cm³/mol. The fourth-order valence-electron chi connectivity index (χ4n) is 0.934. The zero-order valence-electron chi connectivity index (χ0n) is 7.17. The molecule has 0 unspecified atom stereocenters. The number of hydrogen-bond donors (Lipinski definition) is 2. The zero-order valence-corrected chi connectivity index (χ0v) is 8.07. The first-order valence-electron chi connectivity index (χ1n) is 3.93. The molecule has 1 rings (SSSR count). The highest BCUT2D eigenvalue weighted by molar-refractivity contribution is 7.80. The molecule has 0 aliphatic heterocycles. The number of alkyl halides is 3. The summed E-state index contributed by atoms with van der Waals surface area (Å²) in [4.78, 5) is 0. The molecule has 0 amide bonds. The molecule has 0 radical (unpaired) electrons. The summed E-state index contributed by atoms with van der Waals surface area (Å²) >= 11 is 3.94. The van der Waals surface area contributed by atoms with E-state index in [0.717, 1.165) is 6.20 Å². The van der Waals surface area contributed by atoms with Crippen LogP contribution in [0.25, 0.3) is 6.08 Å². The molecule has 1 heterocycles. The zero-order chi connectivity index (χ0) is 10.6. The maximum absolute atomic E-state index is 12.3. The van der Waals surface area contributed by atoms with Crippen LogP contribution in [0.2, 0.25) is 0 Å². The van der Waals surface area contributed by atoms with Crippen LogP contribution in [0.4, 0.5) is 13.2 Å².